The van der Waals surface area contributed by atoms with Crippen molar-refractivity contribution in [2.24, 2.45) is 0 Å². The summed E-state index contributed by atoms with van der Waals surface area (Å²) >= 11 is 3.33. The lowest BCUT2D eigenvalue weighted by molar-refractivity contribution is 0.0690. The zero-order valence-corrected chi connectivity index (χ0v) is 12.1. The van der Waals surface area contributed by atoms with Gasteiger partial charge in [0.1, 0.15) is 5.69 Å². The second-order valence-corrected chi connectivity index (χ2v) is 5.06. The standard InChI is InChI=1S/C14H11BrN2O3/c1-8-2-3-10(15)7-11(8)17-13(18)9-4-5-16-12(6-9)14(19)20/h2-7H,1H3,(H,17,18)(H,19,20). The number of aryl methyl sites for hydroxylation is 1. The second kappa shape index (κ2) is 5.83. The lowest BCUT2D eigenvalue weighted by atomic mass is 10.1. The molecule has 2 aromatic rings. The van der Waals surface area contributed by atoms with Gasteiger partial charge in [-0.05, 0) is 36.8 Å². The Morgan fingerprint density at radius 2 is 2.00 bits per heavy atom. The topological polar surface area (TPSA) is 79.3 Å². The van der Waals surface area contributed by atoms with E-state index in [0.717, 1.165) is 10.0 Å². The zero-order valence-electron chi connectivity index (χ0n) is 10.6. The highest BCUT2D eigenvalue weighted by atomic mass is 79.9. The summed E-state index contributed by atoms with van der Waals surface area (Å²) in [6.07, 6.45) is 1.30. The number of anilines is 1. The molecule has 0 spiro atoms. The van der Waals surface area contributed by atoms with Gasteiger partial charge >= 0.3 is 5.97 Å². The van der Waals surface area contributed by atoms with Crippen molar-refractivity contribution >= 4 is 33.5 Å². The Kier molecular flexibility index (Phi) is 4.14. The summed E-state index contributed by atoms with van der Waals surface area (Å²) in [6, 6.07) is 8.24. The average Bonchev–Trinajstić information content (AvgIpc) is 2.43. The van der Waals surface area contributed by atoms with E-state index in [9.17, 15) is 9.59 Å². The Bertz CT molecular complexity index is 686. The maximum atomic E-state index is 12.1. The van der Waals surface area contributed by atoms with E-state index in [4.69, 9.17) is 5.11 Å². The fourth-order valence-electron chi connectivity index (χ4n) is 1.61. The Labute approximate surface area is 123 Å². The number of nitrogens with one attached hydrogen (secondary N) is 1. The van der Waals surface area contributed by atoms with Crippen molar-refractivity contribution in [3.8, 4) is 0 Å². The van der Waals surface area contributed by atoms with E-state index in [-0.39, 0.29) is 17.2 Å². The molecule has 0 fully saturated rings. The van der Waals surface area contributed by atoms with Crippen LogP contribution in [0.2, 0.25) is 0 Å². The van der Waals surface area contributed by atoms with Gasteiger partial charge < -0.3 is 10.4 Å². The van der Waals surface area contributed by atoms with E-state index in [0.29, 0.717) is 5.69 Å². The Balaban J connectivity index is 2.26. The molecule has 0 aliphatic carbocycles. The molecule has 0 unspecified atom stereocenters. The molecule has 20 heavy (non-hydrogen) atoms. The van der Waals surface area contributed by atoms with Crippen LogP contribution in [-0.2, 0) is 0 Å². The van der Waals surface area contributed by atoms with Crippen LogP contribution in [0.5, 0.6) is 0 Å². The minimum absolute atomic E-state index is 0.163. The van der Waals surface area contributed by atoms with Gasteiger partial charge in [0.05, 0.1) is 0 Å². The largest absolute Gasteiger partial charge is 0.477 e. The first-order valence-corrected chi connectivity index (χ1v) is 6.53. The SMILES string of the molecule is Cc1ccc(Br)cc1NC(=O)c1ccnc(C(=O)O)c1. The smallest absolute Gasteiger partial charge is 0.354 e. The van der Waals surface area contributed by atoms with Crippen LogP contribution >= 0.6 is 15.9 Å². The number of aromatic nitrogens is 1. The van der Waals surface area contributed by atoms with E-state index < -0.39 is 5.97 Å². The normalized spacial score (nSPS) is 10.1. The molecule has 1 heterocycles. The van der Waals surface area contributed by atoms with Crippen LogP contribution in [0, 0.1) is 6.92 Å². The number of aromatic carboxylic acids is 1. The minimum atomic E-state index is -1.17. The van der Waals surface area contributed by atoms with E-state index in [1.165, 1.54) is 18.3 Å². The van der Waals surface area contributed by atoms with Crippen molar-refractivity contribution in [3.63, 3.8) is 0 Å². The first kappa shape index (κ1) is 14.2. The van der Waals surface area contributed by atoms with Gasteiger partial charge in [-0.15, -0.1) is 0 Å². The van der Waals surface area contributed by atoms with Gasteiger partial charge in [0.2, 0.25) is 0 Å². The van der Waals surface area contributed by atoms with Gasteiger partial charge in [-0.3, -0.25) is 4.79 Å². The molecule has 0 saturated carbocycles. The van der Waals surface area contributed by atoms with Gasteiger partial charge in [-0.2, -0.15) is 0 Å². The highest BCUT2D eigenvalue weighted by molar-refractivity contribution is 9.10. The summed E-state index contributed by atoms with van der Waals surface area (Å²) < 4.78 is 0.847. The highest BCUT2D eigenvalue weighted by Crippen LogP contribution is 2.21. The van der Waals surface area contributed by atoms with Gasteiger partial charge in [-0.25, -0.2) is 9.78 Å². The molecule has 0 atom stereocenters. The molecule has 0 aliphatic rings. The molecule has 1 amide bonds. The summed E-state index contributed by atoms with van der Waals surface area (Å²) in [6.45, 7) is 1.87. The molecule has 0 radical (unpaired) electrons. The third-order valence-corrected chi connectivity index (χ3v) is 3.18. The molecule has 2 rings (SSSR count). The lowest BCUT2D eigenvalue weighted by Crippen LogP contribution is -2.14. The fraction of sp³-hybridized carbons (Fsp3) is 0.0714. The Morgan fingerprint density at radius 1 is 1.25 bits per heavy atom. The second-order valence-electron chi connectivity index (χ2n) is 4.15. The molecule has 5 nitrogen and oxygen atoms in total. The number of amides is 1. The number of hydrogen-bond acceptors (Lipinski definition) is 3. The number of carbonyl (C=O) groups is 2. The van der Waals surface area contributed by atoms with Crippen LogP contribution in [0.3, 0.4) is 0 Å². The Morgan fingerprint density at radius 3 is 2.70 bits per heavy atom. The van der Waals surface area contributed by atoms with Crippen molar-refractivity contribution in [1.82, 2.24) is 4.98 Å². The first-order valence-electron chi connectivity index (χ1n) is 5.74. The van der Waals surface area contributed by atoms with Crippen molar-refractivity contribution < 1.29 is 14.7 Å². The number of nitrogens with zero attached hydrogens (tertiary/aromatic N) is 1. The molecular formula is C14H11BrN2O3. The number of pyridine rings is 1. The van der Waals surface area contributed by atoms with Crippen molar-refractivity contribution in [2.45, 2.75) is 6.92 Å². The average molecular weight is 335 g/mol. The molecular weight excluding hydrogens is 324 g/mol. The van der Waals surface area contributed by atoms with E-state index >= 15 is 0 Å². The molecule has 0 bridgehead atoms. The highest BCUT2D eigenvalue weighted by Gasteiger charge is 2.11. The quantitative estimate of drug-likeness (QED) is 0.903. The van der Waals surface area contributed by atoms with Gasteiger partial charge in [-0.1, -0.05) is 22.0 Å². The number of carboxylic acids is 1. The molecule has 1 aromatic heterocycles. The maximum Gasteiger partial charge on any atom is 0.354 e. The monoisotopic (exact) mass is 334 g/mol. The third-order valence-electron chi connectivity index (χ3n) is 2.69. The van der Waals surface area contributed by atoms with E-state index in [1.54, 1.807) is 6.07 Å². The van der Waals surface area contributed by atoms with Crippen LogP contribution in [0.1, 0.15) is 26.4 Å². The molecule has 102 valence electrons. The number of carbonyl (C=O) groups excluding carboxylic acids is 1. The number of carboxylic acid groups (broad SMARTS) is 1. The van der Waals surface area contributed by atoms with Gasteiger partial charge in [0.25, 0.3) is 5.91 Å². The summed E-state index contributed by atoms with van der Waals surface area (Å²) in [5, 5.41) is 11.6. The predicted octanol–water partition coefficient (Wildman–Crippen LogP) is 3.10. The summed E-state index contributed by atoms with van der Waals surface area (Å²) in [5.41, 5.74) is 1.66. The maximum absolute atomic E-state index is 12.1. The fourth-order valence-corrected chi connectivity index (χ4v) is 1.97. The first-order chi connectivity index (χ1) is 9.47. The zero-order chi connectivity index (χ0) is 14.7. The lowest BCUT2D eigenvalue weighted by Gasteiger charge is -2.09. The van der Waals surface area contributed by atoms with Crippen LogP contribution < -0.4 is 5.32 Å². The van der Waals surface area contributed by atoms with Crippen LogP contribution in [0.15, 0.2) is 41.0 Å². The van der Waals surface area contributed by atoms with Crippen molar-refractivity contribution in [2.75, 3.05) is 5.32 Å². The molecule has 1 aromatic carbocycles. The predicted molar refractivity (Wildman–Crippen MR) is 78.0 cm³/mol. The van der Waals surface area contributed by atoms with Gasteiger partial charge in [0.15, 0.2) is 0 Å². The van der Waals surface area contributed by atoms with Crippen molar-refractivity contribution in [1.29, 1.82) is 0 Å². The summed E-state index contributed by atoms with van der Waals surface area (Å²) in [7, 11) is 0. The number of halogens is 1. The number of rotatable bonds is 3. The van der Waals surface area contributed by atoms with E-state index in [1.807, 2.05) is 19.1 Å². The Hall–Kier alpha value is -2.21. The summed E-state index contributed by atoms with van der Waals surface area (Å²) in [4.78, 5) is 26.6. The molecule has 6 heteroatoms. The van der Waals surface area contributed by atoms with E-state index in [2.05, 4.69) is 26.2 Å². The van der Waals surface area contributed by atoms with Crippen LogP contribution in [-0.4, -0.2) is 22.0 Å². The third kappa shape index (κ3) is 3.21. The molecule has 2 N–H and O–H groups in total. The van der Waals surface area contributed by atoms with Crippen molar-refractivity contribution in [3.05, 3.63) is 57.8 Å². The molecule has 0 aliphatic heterocycles. The van der Waals surface area contributed by atoms with Crippen LogP contribution in [0.4, 0.5) is 5.69 Å². The van der Waals surface area contributed by atoms with Gasteiger partial charge in [0, 0.05) is 21.9 Å². The molecule has 0 saturated heterocycles. The van der Waals surface area contributed by atoms with Crippen LogP contribution in [0.25, 0.3) is 0 Å². The number of benzene rings is 1. The minimum Gasteiger partial charge on any atom is -0.477 e. The number of hydrogen-bond donors (Lipinski definition) is 2. The summed E-state index contributed by atoms with van der Waals surface area (Å²) in [5.74, 6) is -1.55.